The molecule has 16 heavy (non-hydrogen) atoms. The molecule has 0 spiro atoms. The van der Waals surface area contributed by atoms with Gasteiger partial charge in [0.2, 0.25) is 0 Å². The van der Waals surface area contributed by atoms with E-state index in [9.17, 15) is 4.79 Å². The molecule has 0 atom stereocenters. The number of aromatic nitrogens is 2. The molecule has 0 bridgehead atoms. The smallest absolute Gasteiger partial charge is 0.165 e. The Hall–Kier alpha value is -1.90. The molecule has 1 aromatic carbocycles. The fraction of sp³-hybridized carbons (Fsp3) is 0.231. The van der Waals surface area contributed by atoms with Crippen molar-refractivity contribution < 1.29 is 4.79 Å². The quantitative estimate of drug-likeness (QED) is 0.798. The highest BCUT2D eigenvalue weighted by molar-refractivity contribution is 5.98. The van der Waals surface area contributed by atoms with Gasteiger partial charge in [-0.15, -0.1) is 0 Å². The number of benzene rings is 1. The largest absolute Gasteiger partial charge is 0.345 e. The van der Waals surface area contributed by atoms with E-state index < -0.39 is 0 Å². The minimum absolute atomic E-state index is 0.0202. The lowest BCUT2D eigenvalue weighted by atomic mass is 9.99. The highest BCUT2D eigenvalue weighted by atomic mass is 16.1. The summed E-state index contributed by atoms with van der Waals surface area (Å²) >= 11 is 0. The van der Waals surface area contributed by atoms with Gasteiger partial charge < -0.3 is 4.98 Å². The number of H-pyrrole nitrogens is 1. The van der Waals surface area contributed by atoms with Crippen molar-refractivity contribution >= 4 is 5.78 Å². The molecule has 2 rings (SSSR count). The van der Waals surface area contributed by atoms with Gasteiger partial charge in [0, 0.05) is 29.4 Å². The number of nitrogens with one attached hydrogen (secondary N) is 1. The van der Waals surface area contributed by atoms with Crippen molar-refractivity contribution in [3.8, 4) is 11.4 Å². The second-order valence-electron chi connectivity index (χ2n) is 4.04. The van der Waals surface area contributed by atoms with Gasteiger partial charge >= 0.3 is 0 Å². The van der Waals surface area contributed by atoms with Crippen LogP contribution in [0.15, 0.2) is 36.7 Å². The first-order chi connectivity index (χ1) is 7.68. The number of carbonyl (C=O) groups is 1. The van der Waals surface area contributed by atoms with Crippen LogP contribution in [0.3, 0.4) is 0 Å². The van der Waals surface area contributed by atoms with Crippen LogP contribution in [0.4, 0.5) is 0 Å². The highest BCUT2D eigenvalue weighted by Crippen LogP contribution is 2.18. The highest BCUT2D eigenvalue weighted by Gasteiger charge is 2.11. The molecule has 0 amide bonds. The third kappa shape index (κ3) is 2.03. The summed E-state index contributed by atoms with van der Waals surface area (Å²) < 4.78 is 0. The average Bonchev–Trinajstić information content (AvgIpc) is 2.81. The van der Waals surface area contributed by atoms with Crippen molar-refractivity contribution in [1.82, 2.24) is 9.97 Å². The summed E-state index contributed by atoms with van der Waals surface area (Å²) in [5, 5.41) is 0. The lowest BCUT2D eigenvalue weighted by Crippen LogP contribution is -2.07. The van der Waals surface area contributed by atoms with Crippen LogP contribution in [0.2, 0.25) is 0 Å². The van der Waals surface area contributed by atoms with Crippen LogP contribution in [0.5, 0.6) is 0 Å². The third-order valence-corrected chi connectivity index (χ3v) is 2.44. The lowest BCUT2D eigenvalue weighted by Gasteiger charge is -2.05. The molecule has 3 heteroatoms. The van der Waals surface area contributed by atoms with Crippen LogP contribution >= 0.6 is 0 Å². The molecule has 1 heterocycles. The molecule has 1 aromatic heterocycles. The molecule has 0 fully saturated rings. The van der Waals surface area contributed by atoms with Crippen LogP contribution in [0, 0.1) is 5.92 Å². The van der Waals surface area contributed by atoms with E-state index in [1.165, 1.54) is 0 Å². The molecule has 0 saturated heterocycles. The topological polar surface area (TPSA) is 45.8 Å². The van der Waals surface area contributed by atoms with Crippen molar-refractivity contribution in [2.75, 3.05) is 0 Å². The molecule has 1 N–H and O–H groups in total. The maximum absolute atomic E-state index is 11.8. The number of hydrogen-bond acceptors (Lipinski definition) is 2. The summed E-state index contributed by atoms with van der Waals surface area (Å²) in [7, 11) is 0. The van der Waals surface area contributed by atoms with Crippen LogP contribution in [-0.2, 0) is 0 Å². The molecule has 0 aliphatic heterocycles. The van der Waals surface area contributed by atoms with Crippen molar-refractivity contribution in [1.29, 1.82) is 0 Å². The molecule has 0 aliphatic rings. The lowest BCUT2D eigenvalue weighted by molar-refractivity contribution is 0.0939. The molecule has 82 valence electrons. The molecule has 0 aliphatic carbocycles. The van der Waals surface area contributed by atoms with Gasteiger partial charge in [-0.3, -0.25) is 4.79 Å². The van der Waals surface area contributed by atoms with Gasteiger partial charge in [-0.1, -0.05) is 32.0 Å². The Morgan fingerprint density at radius 2 is 2.19 bits per heavy atom. The fourth-order valence-electron chi connectivity index (χ4n) is 1.58. The van der Waals surface area contributed by atoms with E-state index in [2.05, 4.69) is 9.97 Å². The molecule has 2 aromatic rings. The first-order valence-corrected chi connectivity index (χ1v) is 5.32. The van der Waals surface area contributed by atoms with Crippen LogP contribution in [-0.4, -0.2) is 15.8 Å². The van der Waals surface area contributed by atoms with Gasteiger partial charge in [-0.05, 0) is 6.07 Å². The molecule has 0 saturated carbocycles. The predicted molar refractivity (Wildman–Crippen MR) is 63.2 cm³/mol. The summed E-state index contributed by atoms with van der Waals surface area (Å²) in [5.41, 5.74) is 1.68. The number of Topliss-reactive ketones (excluding diaryl/α,β-unsaturated/α-hetero) is 1. The minimum Gasteiger partial charge on any atom is -0.345 e. The van der Waals surface area contributed by atoms with Crippen molar-refractivity contribution in [3.05, 3.63) is 42.2 Å². The van der Waals surface area contributed by atoms with Gasteiger partial charge in [0.25, 0.3) is 0 Å². The van der Waals surface area contributed by atoms with Crippen LogP contribution in [0.1, 0.15) is 24.2 Å². The van der Waals surface area contributed by atoms with E-state index in [-0.39, 0.29) is 11.7 Å². The van der Waals surface area contributed by atoms with Gasteiger partial charge in [0.1, 0.15) is 5.82 Å². The van der Waals surface area contributed by atoms with E-state index in [0.717, 1.165) is 17.0 Å². The molecule has 0 unspecified atom stereocenters. The maximum atomic E-state index is 11.8. The number of aromatic amines is 1. The summed E-state index contributed by atoms with van der Waals surface area (Å²) in [4.78, 5) is 19.0. The van der Waals surface area contributed by atoms with Crippen LogP contribution in [0.25, 0.3) is 11.4 Å². The Morgan fingerprint density at radius 3 is 2.81 bits per heavy atom. The van der Waals surface area contributed by atoms with Crippen molar-refractivity contribution in [3.63, 3.8) is 0 Å². The Labute approximate surface area is 94.5 Å². The zero-order chi connectivity index (χ0) is 11.5. The van der Waals surface area contributed by atoms with E-state index >= 15 is 0 Å². The first kappa shape index (κ1) is 10.6. The molecule has 3 nitrogen and oxygen atoms in total. The number of carbonyl (C=O) groups excluding carboxylic acids is 1. The number of nitrogens with zero attached hydrogens (tertiary/aromatic N) is 1. The average molecular weight is 214 g/mol. The fourth-order valence-corrected chi connectivity index (χ4v) is 1.58. The van der Waals surface area contributed by atoms with E-state index in [1.54, 1.807) is 12.4 Å². The van der Waals surface area contributed by atoms with Gasteiger partial charge in [0.15, 0.2) is 5.78 Å². The minimum atomic E-state index is 0.0202. The second kappa shape index (κ2) is 4.31. The summed E-state index contributed by atoms with van der Waals surface area (Å²) in [6.07, 6.45) is 3.47. The predicted octanol–water partition coefficient (Wildman–Crippen LogP) is 2.92. The Bertz CT molecular complexity index is 486. The van der Waals surface area contributed by atoms with Gasteiger partial charge in [0.05, 0.1) is 0 Å². The molecular formula is C13H14N2O. The van der Waals surface area contributed by atoms with Crippen molar-refractivity contribution in [2.45, 2.75) is 13.8 Å². The number of rotatable bonds is 3. The second-order valence-corrected chi connectivity index (χ2v) is 4.04. The monoisotopic (exact) mass is 214 g/mol. The van der Waals surface area contributed by atoms with Gasteiger partial charge in [-0.2, -0.15) is 0 Å². The molecular weight excluding hydrogens is 200 g/mol. The van der Waals surface area contributed by atoms with E-state index in [1.807, 2.05) is 38.1 Å². The summed E-state index contributed by atoms with van der Waals surface area (Å²) in [5.74, 6) is 0.971. The standard InChI is InChI=1S/C13H14N2O/c1-9(2)12(16)10-4-3-5-11(8-10)13-14-6-7-15-13/h3-9H,1-2H3,(H,14,15). The van der Waals surface area contributed by atoms with Crippen LogP contribution < -0.4 is 0 Å². The first-order valence-electron chi connectivity index (χ1n) is 5.32. The normalized spacial score (nSPS) is 10.7. The zero-order valence-corrected chi connectivity index (χ0v) is 9.40. The third-order valence-electron chi connectivity index (χ3n) is 2.44. The Kier molecular flexibility index (Phi) is 2.86. The van der Waals surface area contributed by atoms with Crippen molar-refractivity contribution in [2.24, 2.45) is 5.92 Å². The van der Waals surface area contributed by atoms with E-state index in [4.69, 9.17) is 0 Å². The maximum Gasteiger partial charge on any atom is 0.165 e. The summed E-state index contributed by atoms with van der Waals surface area (Å²) in [6, 6.07) is 7.54. The number of hydrogen-bond donors (Lipinski definition) is 1. The van der Waals surface area contributed by atoms with E-state index in [0.29, 0.717) is 0 Å². The summed E-state index contributed by atoms with van der Waals surface area (Å²) in [6.45, 7) is 3.81. The zero-order valence-electron chi connectivity index (χ0n) is 9.40. The van der Waals surface area contributed by atoms with Gasteiger partial charge in [-0.25, -0.2) is 4.98 Å². The Morgan fingerprint density at radius 1 is 1.38 bits per heavy atom. The SMILES string of the molecule is CC(C)C(=O)c1cccc(-c2ncc[nH]2)c1. The Balaban J connectivity index is 2.37. The number of ketones is 1. The number of imidazole rings is 1. The molecule has 0 radical (unpaired) electrons.